The van der Waals surface area contributed by atoms with Crippen molar-refractivity contribution in [2.75, 3.05) is 0 Å². The van der Waals surface area contributed by atoms with Crippen molar-refractivity contribution in [2.24, 2.45) is 0 Å². The Hall–Kier alpha value is -2.71. The van der Waals surface area contributed by atoms with Gasteiger partial charge in [-0.05, 0) is 31.2 Å². The van der Waals surface area contributed by atoms with E-state index in [-0.39, 0.29) is 11.5 Å². The van der Waals surface area contributed by atoms with E-state index in [0.717, 1.165) is 5.69 Å². The van der Waals surface area contributed by atoms with Crippen LogP contribution in [0.4, 0.5) is 0 Å². The van der Waals surface area contributed by atoms with Gasteiger partial charge in [-0.2, -0.15) is 5.26 Å². The first-order valence-corrected chi connectivity index (χ1v) is 6.98. The van der Waals surface area contributed by atoms with Crippen molar-refractivity contribution in [3.05, 3.63) is 64.8 Å². The summed E-state index contributed by atoms with van der Waals surface area (Å²) in [5.74, 6) is -1.37. The van der Waals surface area contributed by atoms with E-state index >= 15 is 0 Å². The molecule has 3 aromatic heterocycles. The Labute approximate surface area is 131 Å². The zero-order valence-corrected chi connectivity index (χ0v) is 12.4. The fraction of sp³-hybridized carbons (Fsp3) is 0.125. The number of Topliss-reactive ketones (excluding diaryl/α,β-unsaturated/α-hetero) is 1. The SMILES string of the molecule is Cc1cccc(C(C#N)C(=O)c2cn3cccc(Cl)c3n2)n1. The highest BCUT2D eigenvalue weighted by atomic mass is 35.5. The van der Waals surface area contributed by atoms with E-state index in [1.54, 1.807) is 41.1 Å². The maximum absolute atomic E-state index is 12.6. The van der Waals surface area contributed by atoms with Crippen molar-refractivity contribution in [3.8, 4) is 6.07 Å². The molecule has 0 aliphatic carbocycles. The Morgan fingerprint density at radius 3 is 2.82 bits per heavy atom. The van der Waals surface area contributed by atoms with Crippen LogP contribution in [0.15, 0.2) is 42.7 Å². The van der Waals surface area contributed by atoms with E-state index in [1.165, 1.54) is 0 Å². The maximum atomic E-state index is 12.6. The minimum absolute atomic E-state index is 0.197. The third-order valence-electron chi connectivity index (χ3n) is 3.28. The largest absolute Gasteiger partial charge is 0.305 e. The standard InChI is InChI=1S/C16H11ClN4O/c1-10-4-2-6-13(19-10)11(8-18)15(22)14-9-21-7-3-5-12(17)16(21)20-14/h2-7,9,11H,1H3. The number of aromatic nitrogens is 3. The summed E-state index contributed by atoms with van der Waals surface area (Å²) in [5, 5.41) is 9.81. The molecule has 0 aliphatic heterocycles. The summed E-state index contributed by atoms with van der Waals surface area (Å²) < 4.78 is 1.66. The fourth-order valence-electron chi connectivity index (χ4n) is 2.23. The van der Waals surface area contributed by atoms with Crippen LogP contribution in [-0.2, 0) is 0 Å². The summed E-state index contributed by atoms with van der Waals surface area (Å²) in [6, 6.07) is 10.7. The predicted octanol–water partition coefficient (Wildman–Crippen LogP) is 3.18. The summed E-state index contributed by atoms with van der Waals surface area (Å²) in [6.07, 6.45) is 3.32. The summed E-state index contributed by atoms with van der Waals surface area (Å²) in [4.78, 5) is 21.1. The van der Waals surface area contributed by atoms with Gasteiger partial charge >= 0.3 is 0 Å². The first-order chi connectivity index (χ1) is 10.6. The van der Waals surface area contributed by atoms with Gasteiger partial charge in [0.25, 0.3) is 0 Å². The molecule has 22 heavy (non-hydrogen) atoms. The quantitative estimate of drug-likeness (QED) is 0.697. The summed E-state index contributed by atoms with van der Waals surface area (Å²) in [7, 11) is 0. The molecule has 5 nitrogen and oxygen atoms in total. The molecule has 108 valence electrons. The van der Waals surface area contributed by atoms with Crippen LogP contribution in [0.2, 0.25) is 5.02 Å². The second-order valence-electron chi connectivity index (χ2n) is 4.84. The van der Waals surface area contributed by atoms with Gasteiger partial charge in [0.2, 0.25) is 5.78 Å². The van der Waals surface area contributed by atoms with Gasteiger partial charge in [-0.3, -0.25) is 9.78 Å². The third-order valence-corrected chi connectivity index (χ3v) is 3.58. The van der Waals surface area contributed by atoms with Gasteiger partial charge in [0, 0.05) is 18.1 Å². The first-order valence-electron chi connectivity index (χ1n) is 6.61. The third kappa shape index (κ3) is 2.45. The topological polar surface area (TPSA) is 71.0 Å². The lowest BCUT2D eigenvalue weighted by molar-refractivity contribution is 0.0973. The Bertz CT molecular complexity index is 910. The molecule has 0 saturated carbocycles. The predicted molar refractivity (Wildman–Crippen MR) is 81.9 cm³/mol. The molecule has 0 radical (unpaired) electrons. The van der Waals surface area contributed by atoms with Gasteiger partial charge in [-0.25, -0.2) is 4.98 Å². The lowest BCUT2D eigenvalue weighted by atomic mass is 9.99. The Morgan fingerprint density at radius 1 is 1.32 bits per heavy atom. The highest BCUT2D eigenvalue weighted by Crippen LogP contribution is 2.21. The molecule has 3 rings (SSSR count). The van der Waals surface area contributed by atoms with E-state index in [4.69, 9.17) is 11.6 Å². The summed E-state index contributed by atoms with van der Waals surface area (Å²) in [6.45, 7) is 1.81. The summed E-state index contributed by atoms with van der Waals surface area (Å²) in [5.41, 5.74) is 1.86. The number of ketones is 1. The average molecular weight is 311 g/mol. The normalized spacial score (nSPS) is 12.0. The number of hydrogen-bond acceptors (Lipinski definition) is 4. The average Bonchev–Trinajstić information content (AvgIpc) is 2.93. The number of hydrogen-bond donors (Lipinski definition) is 0. The van der Waals surface area contributed by atoms with Crippen LogP contribution in [0, 0.1) is 18.3 Å². The number of aryl methyl sites for hydroxylation is 1. The number of halogens is 1. The van der Waals surface area contributed by atoms with Crippen molar-refractivity contribution in [1.29, 1.82) is 5.26 Å². The minimum Gasteiger partial charge on any atom is -0.305 e. The van der Waals surface area contributed by atoms with Crippen molar-refractivity contribution in [2.45, 2.75) is 12.8 Å². The zero-order valence-electron chi connectivity index (χ0n) is 11.7. The molecule has 0 saturated heterocycles. The number of rotatable bonds is 3. The number of carbonyl (C=O) groups excluding carboxylic acids is 1. The van der Waals surface area contributed by atoms with Gasteiger partial charge in [0.15, 0.2) is 11.6 Å². The number of carbonyl (C=O) groups is 1. The number of pyridine rings is 2. The van der Waals surface area contributed by atoms with Crippen molar-refractivity contribution in [3.63, 3.8) is 0 Å². The number of nitriles is 1. The number of imidazole rings is 1. The van der Waals surface area contributed by atoms with Gasteiger partial charge in [-0.1, -0.05) is 17.7 Å². The fourth-order valence-corrected chi connectivity index (χ4v) is 2.44. The second kappa shape index (κ2) is 5.58. The second-order valence-corrected chi connectivity index (χ2v) is 5.25. The van der Waals surface area contributed by atoms with Crippen LogP contribution >= 0.6 is 11.6 Å². The monoisotopic (exact) mass is 310 g/mol. The van der Waals surface area contributed by atoms with E-state index in [0.29, 0.717) is 16.4 Å². The molecular weight excluding hydrogens is 300 g/mol. The van der Waals surface area contributed by atoms with Crippen molar-refractivity contribution >= 4 is 23.0 Å². The van der Waals surface area contributed by atoms with Crippen LogP contribution in [0.25, 0.3) is 5.65 Å². The Morgan fingerprint density at radius 2 is 2.14 bits per heavy atom. The molecule has 0 N–H and O–H groups in total. The van der Waals surface area contributed by atoms with Crippen LogP contribution in [0.1, 0.15) is 27.8 Å². The van der Waals surface area contributed by atoms with Gasteiger partial charge < -0.3 is 4.40 Å². The van der Waals surface area contributed by atoms with E-state index in [1.807, 2.05) is 19.1 Å². The zero-order chi connectivity index (χ0) is 15.7. The molecule has 6 heteroatoms. The Kier molecular flexibility index (Phi) is 3.61. The van der Waals surface area contributed by atoms with Crippen LogP contribution in [-0.4, -0.2) is 20.2 Å². The first kappa shape index (κ1) is 14.2. The molecule has 3 heterocycles. The Balaban J connectivity index is 2.04. The molecule has 1 unspecified atom stereocenters. The molecule has 0 amide bonds. The molecule has 0 bridgehead atoms. The van der Waals surface area contributed by atoms with Crippen molar-refractivity contribution in [1.82, 2.24) is 14.4 Å². The van der Waals surface area contributed by atoms with Crippen LogP contribution in [0.3, 0.4) is 0 Å². The molecule has 3 aromatic rings. The lowest BCUT2D eigenvalue weighted by Gasteiger charge is -2.06. The van der Waals surface area contributed by atoms with Gasteiger partial charge in [0.1, 0.15) is 5.69 Å². The maximum Gasteiger partial charge on any atom is 0.205 e. The minimum atomic E-state index is -0.983. The summed E-state index contributed by atoms with van der Waals surface area (Å²) >= 11 is 6.05. The number of fused-ring (bicyclic) bond motifs is 1. The van der Waals surface area contributed by atoms with Gasteiger partial charge in [-0.15, -0.1) is 0 Å². The highest BCUT2D eigenvalue weighted by Gasteiger charge is 2.25. The molecule has 1 atom stereocenters. The van der Waals surface area contributed by atoms with E-state index in [9.17, 15) is 10.1 Å². The lowest BCUT2D eigenvalue weighted by Crippen LogP contribution is -2.13. The van der Waals surface area contributed by atoms with E-state index in [2.05, 4.69) is 9.97 Å². The van der Waals surface area contributed by atoms with E-state index < -0.39 is 5.92 Å². The van der Waals surface area contributed by atoms with Crippen molar-refractivity contribution < 1.29 is 4.79 Å². The highest BCUT2D eigenvalue weighted by molar-refractivity contribution is 6.33. The molecule has 0 fully saturated rings. The van der Waals surface area contributed by atoms with Crippen LogP contribution in [0.5, 0.6) is 0 Å². The van der Waals surface area contributed by atoms with Crippen LogP contribution < -0.4 is 0 Å². The molecule has 0 aliphatic rings. The molecule has 0 spiro atoms. The molecule has 0 aromatic carbocycles. The smallest absolute Gasteiger partial charge is 0.205 e. The number of nitrogens with zero attached hydrogens (tertiary/aromatic N) is 4. The van der Waals surface area contributed by atoms with Gasteiger partial charge in [0.05, 0.1) is 16.8 Å². The molecular formula is C16H11ClN4O.